The molecular weight excluding hydrogens is 425 g/mol. The molecule has 1 aromatic heterocycles. The van der Waals surface area contributed by atoms with Gasteiger partial charge >= 0.3 is 0 Å². The molecule has 0 unspecified atom stereocenters. The van der Waals surface area contributed by atoms with Gasteiger partial charge in [0.1, 0.15) is 5.82 Å². The first-order valence-corrected chi connectivity index (χ1v) is 12.2. The molecule has 1 aliphatic carbocycles. The maximum Gasteiger partial charge on any atom is 0.123 e. The Morgan fingerprint density at radius 1 is 0.912 bits per heavy atom. The first-order valence-electron chi connectivity index (χ1n) is 12.2. The number of aliphatic hydroxyl groups excluding tert-OH is 1. The molecule has 3 aromatic carbocycles. The largest absolute Gasteiger partial charge is 0.390 e. The average molecular weight is 458 g/mol. The van der Waals surface area contributed by atoms with Crippen molar-refractivity contribution in [2.45, 2.75) is 50.5 Å². The molecule has 0 radical (unpaired) electrons. The van der Waals surface area contributed by atoms with Gasteiger partial charge in [-0.3, -0.25) is 4.90 Å². The molecule has 1 saturated carbocycles. The minimum absolute atomic E-state index is 0.0588. The highest BCUT2D eigenvalue weighted by Crippen LogP contribution is 2.28. The fraction of sp³-hybridized carbons (Fsp3) is 0.310. The molecule has 3 N–H and O–H groups in total. The lowest BCUT2D eigenvalue weighted by molar-refractivity contribution is 0.0515. The molecule has 0 amide bonds. The number of para-hydroxylation sites is 1. The van der Waals surface area contributed by atoms with Crippen molar-refractivity contribution < 1.29 is 9.50 Å². The Labute approximate surface area is 200 Å². The van der Waals surface area contributed by atoms with Crippen LogP contribution < -0.4 is 5.32 Å². The second kappa shape index (κ2) is 10.5. The van der Waals surface area contributed by atoms with E-state index in [2.05, 4.69) is 51.7 Å². The molecule has 176 valence electrons. The van der Waals surface area contributed by atoms with Gasteiger partial charge in [0, 0.05) is 48.8 Å². The molecule has 5 heteroatoms. The highest BCUT2D eigenvalue weighted by atomic mass is 19.1. The molecule has 3 atom stereocenters. The zero-order valence-electron chi connectivity index (χ0n) is 19.3. The second-order valence-corrected chi connectivity index (χ2v) is 9.31. The van der Waals surface area contributed by atoms with Crippen LogP contribution in [0.4, 0.5) is 4.39 Å². The minimum atomic E-state index is -0.452. The number of benzene rings is 3. The van der Waals surface area contributed by atoms with Gasteiger partial charge in [0.2, 0.25) is 0 Å². The van der Waals surface area contributed by atoms with Crippen LogP contribution in [-0.2, 0) is 19.5 Å². The number of hydrogen-bond donors (Lipinski definition) is 3. The summed E-state index contributed by atoms with van der Waals surface area (Å²) in [7, 11) is 0. The summed E-state index contributed by atoms with van der Waals surface area (Å²) >= 11 is 0. The van der Waals surface area contributed by atoms with Gasteiger partial charge in [-0.05, 0) is 54.2 Å². The predicted molar refractivity (Wildman–Crippen MR) is 135 cm³/mol. The Bertz CT molecular complexity index is 1190. The number of nitrogens with one attached hydrogen (secondary N) is 2. The van der Waals surface area contributed by atoms with Crippen molar-refractivity contribution in [3.63, 3.8) is 0 Å². The highest BCUT2D eigenvalue weighted by Gasteiger charge is 2.37. The molecule has 0 bridgehead atoms. The van der Waals surface area contributed by atoms with Crippen molar-refractivity contribution in [2.24, 2.45) is 0 Å². The second-order valence-electron chi connectivity index (χ2n) is 9.31. The van der Waals surface area contributed by atoms with Crippen LogP contribution in [0.15, 0.2) is 85.1 Å². The Balaban J connectivity index is 1.29. The molecule has 34 heavy (non-hydrogen) atoms. The predicted octanol–water partition coefficient (Wildman–Crippen LogP) is 5.03. The van der Waals surface area contributed by atoms with Crippen LogP contribution in [0.5, 0.6) is 0 Å². The summed E-state index contributed by atoms with van der Waals surface area (Å²) in [4.78, 5) is 5.74. The molecular formula is C29H32FN3O. The minimum Gasteiger partial charge on any atom is -0.390 e. The van der Waals surface area contributed by atoms with Crippen LogP contribution in [-0.4, -0.2) is 39.7 Å². The van der Waals surface area contributed by atoms with Crippen LogP contribution in [0.2, 0.25) is 0 Å². The molecule has 1 fully saturated rings. The first kappa shape index (κ1) is 22.8. The van der Waals surface area contributed by atoms with Gasteiger partial charge in [0.05, 0.1) is 6.10 Å². The fourth-order valence-electron chi connectivity index (χ4n) is 5.22. The van der Waals surface area contributed by atoms with Crippen LogP contribution >= 0.6 is 0 Å². The number of nitrogens with zero attached hydrogens (tertiary/aromatic N) is 1. The van der Waals surface area contributed by atoms with Crippen LogP contribution in [0.1, 0.15) is 29.5 Å². The van der Waals surface area contributed by atoms with Gasteiger partial charge in [-0.25, -0.2) is 4.39 Å². The number of hydrogen-bond acceptors (Lipinski definition) is 3. The third-order valence-corrected chi connectivity index (χ3v) is 7.10. The lowest BCUT2D eigenvalue weighted by Gasteiger charge is -2.32. The summed E-state index contributed by atoms with van der Waals surface area (Å²) in [6, 6.07) is 25.5. The zero-order chi connectivity index (χ0) is 23.3. The Kier molecular flexibility index (Phi) is 7.05. The highest BCUT2D eigenvalue weighted by molar-refractivity contribution is 5.83. The molecule has 0 aliphatic heterocycles. The van der Waals surface area contributed by atoms with E-state index in [-0.39, 0.29) is 17.9 Å². The van der Waals surface area contributed by atoms with E-state index in [1.54, 1.807) is 0 Å². The van der Waals surface area contributed by atoms with Gasteiger partial charge in [-0.15, -0.1) is 0 Å². The molecule has 1 aliphatic rings. The summed E-state index contributed by atoms with van der Waals surface area (Å²) in [5.74, 6) is -0.222. The normalized spacial score (nSPS) is 20.4. The van der Waals surface area contributed by atoms with E-state index in [1.807, 2.05) is 36.4 Å². The molecule has 5 rings (SSSR count). The van der Waals surface area contributed by atoms with Crippen molar-refractivity contribution in [3.05, 3.63) is 108 Å². The van der Waals surface area contributed by atoms with Crippen molar-refractivity contribution >= 4 is 10.9 Å². The number of aliphatic hydroxyl groups is 1. The fourth-order valence-corrected chi connectivity index (χ4v) is 5.22. The summed E-state index contributed by atoms with van der Waals surface area (Å²) < 4.78 is 13.5. The van der Waals surface area contributed by atoms with Crippen molar-refractivity contribution in [1.29, 1.82) is 0 Å². The van der Waals surface area contributed by atoms with E-state index in [0.717, 1.165) is 43.4 Å². The lowest BCUT2D eigenvalue weighted by atomic mass is 10.1. The topological polar surface area (TPSA) is 51.3 Å². The van der Waals surface area contributed by atoms with Crippen molar-refractivity contribution in [2.75, 3.05) is 6.54 Å². The number of aromatic amines is 1. The molecule has 0 spiro atoms. The van der Waals surface area contributed by atoms with Crippen LogP contribution in [0.3, 0.4) is 0 Å². The smallest absolute Gasteiger partial charge is 0.123 e. The monoisotopic (exact) mass is 457 g/mol. The summed E-state index contributed by atoms with van der Waals surface area (Å²) in [5, 5.41) is 16.1. The Hall–Kier alpha value is -2.99. The number of H-pyrrole nitrogens is 1. The summed E-state index contributed by atoms with van der Waals surface area (Å²) in [6.45, 7) is 2.27. The van der Waals surface area contributed by atoms with E-state index in [1.165, 1.54) is 28.6 Å². The maximum absolute atomic E-state index is 13.5. The van der Waals surface area contributed by atoms with Gasteiger partial charge in [-0.2, -0.15) is 0 Å². The number of aromatic nitrogens is 1. The Morgan fingerprint density at radius 3 is 2.50 bits per heavy atom. The van der Waals surface area contributed by atoms with Gasteiger partial charge in [0.15, 0.2) is 0 Å². The molecule has 4 aromatic rings. The quantitative estimate of drug-likeness (QED) is 0.330. The van der Waals surface area contributed by atoms with Crippen LogP contribution in [0.25, 0.3) is 10.9 Å². The first-order chi connectivity index (χ1) is 16.7. The maximum atomic E-state index is 13.5. The standard InChI is InChI=1S/C29H32FN3O/c30-24-12-10-22(11-13-24)20-33(17-16-23-19-32-26-9-5-4-8-25(23)26)28-15-14-27(29(28)34)31-18-21-6-2-1-3-7-21/h1-13,19,27-29,31-32,34H,14-18,20H2/t27-,28-,29-/m1/s1. The lowest BCUT2D eigenvalue weighted by Crippen LogP contribution is -2.47. The van der Waals surface area contributed by atoms with E-state index in [0.29, 0.717) is 6.54 Å². The molecule has 4 nitrogen and oxygen atoms in total. The molecule has 0 saturated heterocycles. The van der Waals surface area contributed by atoms with Crippen molar-refractivity contribution in [1.82, 2.24) is 15.2 Å². The van der Waals surface area contributed by atoms with Gasteiger partial charge in [-0.1, -0.05) is 60.7 Å². The SMILES string of the molecule is O[C@H]1[C@H](N(CCc2c[nH]c3ccccc23)Cc2ccc(F)cc2)CC[C@H]1NCc1ccccc1. The van der Waals surface area contributed by atoms with Gasteiger partial charge < -0.3 is 15.4 Å². The van der Waals surface area contributed by atoms with E-state index in [9.17, 15) is 9.50 Å². The van der Waals surface area contributed by atoms with Crippen LogP contribution in [0, 0.1) is 5.82 Å². The average Bonchev–Trinajstić information content (AvgIpc) is 3.45. The summed E-state index contributed by atoms with van der Waals surface area (Å²) in [6.07, 6.45) is 4.40. The van der Waals surface area contributed by atoms with Crippen molar-refractivity contribution in [3.8, 4) is 0 Å². The molecule has 1 heterocycles. The van der Waals surface area contributed by atoms with E-state index < -0.39 is 6.10 Å². The number of rotatable bonds is 9. The Morgan fingerprint density at radius 2 is 1.68 bits per heavy atom. The zero-order valence-corrected chi connectivity index (χ0v) is 19.3. The van der Waals surface area contributed by atoms with Gasteiger partial charge in [0.25, 0.3) is 0 Å². The summed E-state index contributed by atoms with van der Waals surface area (Å²) in [5.41, 5.74) is 4.72. The number of halogens is 1. The van der Waals surface area contributed by atoms with E-state index in [4.69, 9.17) is 0 Å². The third kappa shape index (κ3) is 5.22. The third-order valence-electron chi connectivity index (χ3n) is 7.10. The number of fused-ring (bicyclic) bond motifs is 1. The van der Waals surface area contributed by atoms with E-state index >= 15 is 0 Å².